The third-order valence-electron chi connectivity index (χ3n) is 6.17. The van der Waals surface area contributed by atoms with Crippen LogP contribution in [0.5, 0.6) is 0 Å². The molecular formula is C23H24F3N3O3. The van der Waals surface area contributed by atoms with Crippen LogP contribution in [-0.2, 0) is 10.9 Å². The van der Waals surface area contributed by atoms with Crippen LogP contribution in [0.4, 0.5) is 13.2 Å². The number of halogens is 3. The molecule has 0 aliphatic carbocycles. The Morgan fingerprint density at radius 3 is 2.50 bits per heavy atom. The van der Waals surface area contributed by atoms with Gasteiger partial charge in [-0.1, -0.05) is 6.07 Å². The van der Waals surface area contributed by atoms with Gasteiger partial charge in [0.15, 0.2) is 0 Å². The number of amides is 2. The second-order valence-electron chi connectivity index (χ2n) is 8.28. The summed E-state index contributed by atoms with van der Waals surface area (Å²) in [5, 5.41) is 2.69. The highest BCUT2D eigenvalue weighted by atomic mass is 19.4. The van der Waals surface area contributed by atoms with Crippen molar-refractivity contribution in [1.82, 2.24) is 15.2 Å². The Hall–Kier alpha value is -2.94. The fraction of sp³-hybridized carbons (Fsp3) is 0.435. The maximum Gasteiger partial charge on any atom is 0.416 e. The fourth-order valence-corrected chi connectivity index (χ4v) is 4.35. The van der Waals surface area contributed by atoms with E-state index in [0.717, 1.165) is 25.0 Å². The van der Waals surface area contributed by atoms with Crippen molar-refractivity contribution in [3.8, 4) is 0 Å². The molecule has 2 amide bonds. The Labute approximate surface area is 183 Å². The van der Waals surface area contributed by atoms with Gasteiger partial charge in [-0.2, -0.15) is 13.2 Å². The number of pyridine rings is 1. The number of carbonyl (C=O) groups excluding carboxylic acids is 2. The van der Waals surface area contributed by atoms with Crippen molar-refractivity contribution in [2.24, 2.45) is 0 Å². The maximum absolute atomic E-state index is 12.9. The molecule has 2 aliphatic rings. The van der Waals surface area contributed by atoms with E-state index in [9.17, 15) is 22.8 Å². The first kappa shape index (κ1) is 22.3. The molecule has 170 valence electrons. The molecular weight excluding hydrogens is 423 g/mol. The van der Waals surface area contributed by atoms with E-state index < -0.39 is 17.6 Å². The summed E-state index contributed by atoms with van der Waals surface area (Å²) in [6.45, 7) is 1.41. The molecule has 0 radical (unpaired) electrons. The molecule has 6 nitrogen and oxygen atoms in total. The Morgan fingerprint density at radius 2 is 1.81 bits per heavy atom. The first-order valence-corrected chi connectivity index (χ1v) is 10.6. The summed E-state index contributed by atoms with van der Waals surface area (Å²) >= 11 is 0. The Balaban J connectivity index is 1.27. The van der Waals surface area contributed by atoms with Crippen LogP contribution in [0.15, 0.2) is 48.8 Å². The van der Waals surface area contributed by atoms with Gasteiger partial charge in [0, 0.05) is 43.2 Å². The van der Waals surface area contributed by atoms with Gasteiger partial charge < -0.3 is 15.0 Å². The van der Waals surface area contributed by atoms with E-state index in [1.54, 1.807) is 24.5 Å². The zero-order valence-electron chi connectivity index (χ0n) is 17.4. The zero-order valence-corrected chi connectivity index (χ0v) is 17.4. The topological polar surface area (TPSA) is 71.5 Å². The molecule has 2 saturated heterocycles. The minimum absolute atomic E-state index is 0.0230. The number of ether oxygens (including phenoxy) is 1. The van der Waals surface area contributed by atoms with Gasteiger partial charge in [0.05, 0.1) is 17.3 Å². The molecule has 0 saturated carbocycles. The molecule has 9 heteroatoms. The Morgan fingerprint density at radius 1 is 1.09 bits per heavy atom. The number of nitrogens with one attached hydrogen (secondary N) is 1. The molecule has 4 rings (SSSR count). The Bertz CT molecular complexity index is 973. The number of hydrogen-bond donors (Lipinski definition) is 1. The second kappa shape index (κ2) is 8.90. The van der Waals surface area contributed by atoms with Gasteiger partial charge in [0.2, 0.25) is 0 Å². The van der Waals surface area contributed by atoms with E-state index in [4.69, 9.17) is 4.74 Å². The van der Waals surface area contributed by atoms with Crippen molar-refractivity contribution in [3.63, 3.8) is 0 Å². The van der Waals surface area contributed by atoms with Gasteiger partial charge in [-0.25, -0.2) is 0 Å². The molecule has 1 spiro atoms. The van der Waals surface area contributed by atoms with Crippen LogP contribution >= 0.6 is 0 Å². The molecule has 2 aliphatic heterocycles. The van der Waals surface area contributed by atoms with Crippen LogP contribution in [0, 0.1) is 0 Å². The average molecular weight is 447 g/mol. The quantitative estimate of drug-likeness (QED) is 0.776. The molecule has 2 aromatic rings. The van der Waals surface area contributed by atoms with Gasteiger partial charge >= 0.3 is 6.18 Å². The van der Waals surface area contributed by atoms with E-state index in [1.807, 2.05) is 4.90 Å². The van der Waals surface area contributed by atoms with Crippen LogP contribution in [0.1, 0.15) is 52.0 Å². The number of benzene rings is 1. The summed E-state index contributed by atoms with van der Waals surface area (Å²) in [6, 6.07) is 7.76. The number of aromatic nitrogens is 1. The average Bonchev–Trinajstić information content (AvgIpc) is 3.20. The summed E-state index contributed by atoms with van der Waals surface area (Å²) in [7, 11) is 0. The normalized spacial score (nSPS) is 20.3. The van der Waals surface area contributed by atoms with Crippen LogP contribution in [0.25, 0.3) is 0 Å². The summed E-state index contributed by atoms with van der Waals surface area (Å²) < 4.78 is 44.8. The van der Waals surface area contributed by atoms with Crippen molar-refractivity contribution >= 4 is 11.8 Å². The molecule has 2 fully saturated rings. The molecule has 1 aromatic carbocycles. The lowest BCUT2D eigenvalue weighted by Crippen LogP contribution is -2.47. The number of alkyl halides is 3. The summed E-state index contributed by atoms with van der Waals surface area (Å²) in [6.07, 6.45) is 1.49. The van der Waals surface area contributed by atoms with E-state index in [-0.39, 0.29) is 29.7 Å². The van der Waals surface area contributed by atoms with Crippen LogP contribution < -0.4 is 5.32 Å². The summed E-state index contributed by atoms with van der Waals surface area (Å²) in [5.41, 5.74) is -0.594. The first-order valence-electron chi connectivity index (χ1n) is 10.6. The van der Waals surface area contributed by atoms with Crippen LogP contribution in [0.2, 0.25) is 0 Å². The highest BCUT2D eigenvalue weighted by Crippen LogP contribution is 2.39. The maximum atomic E-state index is 12.9. The minimum Gasteiger partial charge on any atom is -0.370 e. The fourth-order valence-electron chi connectivity index (χ4n) is 4.35. The molecule has 1 atom stereocenters. The molecule has 1 N–H and O–H groups in total. The highest BCUT2D eigenvalue weighted by Gasteiger charge is 2.43. The second-order valence-corrected chi connectivity index (χ2v) is 8.28. The number of piperidine rings is 1. The molecule has 3 heterocycles. The third-order valence-corrected chi connectivity index (χ3v) is 6.17. The zero-order chi connectivity index (χ0) is 22.8. The summed E-state index contributed by atoms with van der Waals surface area (Å²) in [5.74, 6) is -0.580. The molecule has 1 aromatic heterocycles. The van der Waals surface area contributed by atoms with Gasteiger partial charge in [0.1, 0.15) is 0 Å². The number of rotatable bonds is 4. The van der Waals surface area contributed by atoms with E-state index in [1.165, 1.54) is 12.1 Å². The number of likely N-dealkylation sites (tertiary alicyclic amines) is 1. The van der Waals surface area contributed by atoms with Crippen molar-refractivity contribution < 1.29 is 27.5 Å². The van der Waals surface area contributed by atoms with Gasteiger partial charge in [-0.3, -0.25) is 14.6 Å². The predicted molar refractivity (Wildman–Crippen MR) is 110 cm³/mol. The van der Waals surface area contributed by atoms with Crippen LogP contribution in [-0.4, -0.2) is 53.0 Å². The minimum atomic E-state index is -4.50. The van der Waals surface area contributed by atoms with Gasteiger partial charge in [0.25, 0.3) is 11.8 Å². The molecule has 32 heavy (non-hydrogen) atoms. The number of hydrogen-bond acceptors (Lipinski definition) is 4. The number of nitrogens with zero attached hydrogens (tertiary/aromatic N) is 2. The lowest BCUT2D eigenvalue weighted by Gasteiger charge is -2.39. The standard InChI is InChI=1S/C23H24F3N3O3/c24-23(25,26)18-3-1-2-17(14-18)20(30)28-15-19-4-7-22(32-19)8-12-29(13-9-22)21(31)16-5-10-27-11-6-16/h1-3,5-6,10-11,14,19H,4,7-9,12-13,15H2,(H,28,30). The Kier molecular flexibility index (Phi) is 6.19. The smallest absolute Gasteiger partial charge is 0.370 e. The predicted octanol–water partition coefficient (Wildman–Crippen LogP) is 3.68. The summed E-state index contributed by atoms with van der Waals surface area (Å²) in [4.78, 5) is 30.7. The number of carbonyl (C=O) groups is 2. The van der Waals surface area contributed by atoms with Crippen molar-refractivity contribution in [3.05, 3.63) is 65.5 Å². The van der Waals surface area contributed by atoms with Crippen molar-refractivity contribution in [2.45, 2.75) is 43.6 Å². The van der Waals surface area contributed by atoms with Gasteiger partial charge in [-0.05, 0) is 56.0 Å². The van der Waals surface area contributed by atoms with Crippen molar-refractivity contribution in [2.75, 3.05) is 19.6 Å². The highest BCUT2D eigenvalue weighted by molar-refractivity contribution is 5.94. The van der Waals surface area contributed by atoms with Gasteiger partial charge in [-0.15, -0.1) is 0 Å². The largest absolute Gasteiger partial charge is 0.416 e. The SMILES string of the molecule is O=C(NCC1CCC2(CCN(C(=O)c3ccncc3)CC2)O1)c1cccc(C(F)(F)F)c1. The van der Waals surface area contributed by atoms with E-state index in [0.29, 0.717) is 31.5 Å². The lowest BCUT2D eigenvalue weighted by atomic mass is 9.88. The molecule has 0 bridgehead atoms. The van der Waals surface area contributed by atoms with Crippen molar-refractivity contribution in [1.29, 1.82) is 0 Å². The van der Waals surface area contributed by atoms with E-state index in [2.05, 4.69) is 10.3 Å². The van der Waals surface area contributed by atoms with E-state index >= 15 is 0 Å². The van der Waals surface area contributed by atoms with Crippen LogP contribution in [0.3, 0.4) is 0 Å². The third kappa shape index (κ3) is 4.93. The lowest BCUT2D eigenvalue weighted by molar-refractivity contribution is -0.137. The monoisotopic (exact) mass is 447 g/mol. The molecule has 1 unspecified atom stereocenters. The first-order chi connectivity index (χ1) is 15.3.